The van der Waals surface area contributed by atoms with Crippen LogP contribution in [0.4, 0.5) is 5.69 Å². The molecule has 1 N–H and O–H groups in total. The largest absolute Gasteiger partial charge is 0.381 e. The molecule has 1 aromatic rings. The Labute approximate surface area is 71.8 Å². The van der Waals surface area contributed by atoms with Gasteiger partial charge in [0, 0.05) is 6.04 Å². The van der Waals surface area contributed by atoms with Gasteiger partial charge >= 0.3 is 0 Å². The summed E-state index contributed by atoms with van der Waals surface area (Å²) in [5, 5.41) is 12.1. The van der Waals surface area contributed by atoms with Crippen molar-refractivity contribution < 1.29 is 0 Å². The van der Waals surface area contributed by atoms with E-state index in [1.807, 2.05) is 12.1 Å². The van der Waals surface area contributed by atoms with Crippen molar-refractivity contribution in [2.24, 2.45) is 0 Å². The molecular weight excluding hydrogens is 148 g/mol. The van der Waals surface area contributed by atoms with Crippen LogP contribution in [0.3, 0.4) is 0 Å². The maximum Gasteiger partial charge on any atom is 0.101 e. The summed E-state index contributed by atoms with van der Waals surface area (Å²) in [5.41, 5.74) is 3.06. The topological polar surface area (TPSA) is 35.8 Å². The average Bonchev–Trinajstić information content (AvgIpc) is 2.44. The number of rotatable bonds is 0. The molecule has 2 rings (SSSR count). The normalized spacial score (nSPS) is 19.5. The van der Waals surface area contributed by atoms with Gasteiger partial charge in [-0.1, -0.05) is 12.1 Å². The van der Waals surface area contributed by atoms with Crippen LogP contribution in [0.25, 0.3) is 0 Å². The first-order chi connectivity index (χ1) is 5.81. The second-order valence-corrected chi connectivity index (χ2v) is 3.20. The van der Waals surface area contributed by atoms with Gasteiger partial charge in [-0.05, 0) is 25.0 Å². The molecule has 12 heavy (non-hydrogen) atoms. The second-order valence-electron chi connectivity index (χ2n) is 3.20. The minimum Gasteiger partial charge on any atom is -0.381 e. The first kappa shape index (κ1) is 7.17. The Bertz CT molecular complexity index is 349. The summed E-state index contributed by atoms with van der Waals surface area (Å²) in [4.78, 5) is 0. The number of anilines is 1. The van der Waals surface area contributed by atoms with Gasteiger partial charge in [-0.3, -0.25) is 0 Å². The summed E-state index contributed by atoms with van der Waals surface area (Å²) in [6, 6.07) is 8.52. The Kier molecular flexibility index (Phi) is 1.51. The minimum atomic E-state index is 0.467. The Balaban J connectivity index is 2.53. The summed E-state index contributed by atoms with van der Waals surface area (Å²) >= 11 is 0. The van der Waals surface area contributed by atoms with E-state index < -0.39 is 0 Å². The van der Waals surface area contributed by atoms with E-state index in [0.29, 0.717) is 6.04 Å². The molecule has 0 saturated heterocycles. The van der Waals surface area contributed by atoms with Gasteiger partial charge in [0.2, 0.25) is 0 Å². The van der Waals surface area contributed by atoms with Crippen molar-refractivity contribution in [1.82, 2.24) is 0 Å². The standard InChI is InChI=1S/C10H10N2/c1-7-5-8-3-2-4-9(6-11)10(8)12-7/h2-4,7,12H,5H2,1H3. The summed E-state index contributed by atoms with van der Waals surface area (Å²) < 4.78 is 0. The summed E-state index contributed by atoms with van der Waals surface area (Å²) in [6.07, 6.45) is 1.03. The lowest BCUT2D eigenvalue weighted by Crippen LogP contribution is -2.08. The molecule has 1 aliphatic rings. The van der Waals surface area contributed by atoms with Crippen LogP contribution in [0.5, 0.6) is 0 Å². The first-order valence-corrected chi connectivity index (χ1v) is 4.10. The number of fused-ring (bicyclic) bond motifs is 1. The van der Waals surface area contributed by atoms with Gasteiger partial charge in [0.15, 0.2) is 0 Å². The van der Waals surface area contributed by atoms with Gasteiger partial charge in [-0.25, -0.2) is 0 Å². The lowest BCUT2D eigenvalue weighted by atomic mass is 10.1. The zero-order valence-electron chi connectivity index (χ0n) is 6.96. The molecule has 1 unspecified atom stereocenters. The number of benzene rings is 1. The van der Waals surface area contributed by atoms with Crippen molar-refractivity contribution in [3.8, 4) is 6.07 Å². The molecule has 0 radical (unpaired) electrons. The van der Waals surface area contributed by atoms with Crippen LogP contribution in [-0.2, 0) is 6.42 Å². The van der Waals surface area contributed by atoms with Gasteiger partial charge in [0.25, 0.3) is 0 Å². The molecule has 1 atom stereocenters. The zero-order valence-corrected chi connectivity index (χ0v) is 6.96. The molecule has 0 saturated carbocycles. The fourth-order valence-electron chi connectivity index (χ4n) is 1.66. The van der Waals surface area contributed by atoms with Crippen molar-refractivity contribution in [2.45, 2.75) is 19.4 Å². The number of nitrogens with one attached hydrogen (secondary N) is 1. The van der Waals surface area contributed by atoms with Crippen molar-refractivity contribution in [1.29, 1.82) is 5.26 Å². The van der Waals surface area contributed by atoms with Crippen molar-refractivity contribution in [2.75, 3.05) is 5.32 Å². The third kappa shape index (κ3) is 0.947. The van der Waals surface area contributed by atoms with Crippen LogP contribution in [0, 0.1) is 11.3 Å². The van der Waals surface area contributed by atoms with E-state index in [0.717, 1.165) is 17.7 Å². The maximum absolute atomic E-state index is 8.80. The van der Waals surface area contributed by atoms with E-state index in [4.69, 9.17) is 5.26 Å². The number of hydrogen-bond donors (Lipinski definition) is 1. The molecule has 0 aliphatic carbocycles. The fourth-order valence-corrected chi connectivity index (χ4v) is 1.66. The predicted molar refractivity (Wildman–Crippen MR) is 47.9 cm³/mol. The minimum absolute atomic E-state index is 0.467. The molecule has 0 spiro atoms. The van der Waals surface area contributed by atoms with Crippen LogP contribution in [0.15, 0.2) is 18.2 Å². The van der Waals surface area contributed by atoms with Gasteiger partial charge in [0.1, 0.15) is 6.07 Å². The third-order valence-corrected chi connectivity index (χ3v) is 2.19. The maximum atomic E-state index is 8.80. The van der Waals surface area contributed by atoms with Crippen LogP contribution in [-0.4, -0.2) is 6.04 Å². The lowest BCUT2D eigenvalue weighted by molar-refractivity contribution is 0.839. The van der Waals surface area contributed by atoms with Crippen LogP contribution >= 0.6 is 0 Å². The Morgan fingerprint density at radius 2 is 2.42 bits per heavy atom. The predicted octanol–water partition coefficient (Wildman–Crippen LogP) is 1.91. The van der Waals surface area contributed by atoms with Gasteiger partial charge in [-0.2, -0.15) is 5.26 Å². The Morgan fingerprint density at radius 3 is 3.17 bits per heavy atom. The molecule has 1 aliphatic heterocycles. The molecule has 2 nitrogen and oxygen atoms in total. The fraction of sp³-hybridized carbons (Fsp3) is 0.300. The van der Waals surface area contributed by atoms with Crippen molar-refractivity contribution in [3.63, 3.8) is 0 Å². The average molecular weight is 158 g/mol. The van der Waals surface area contributed by atoms with Gasteiger partial charge in [-0.15, -0.1) is 0 Å². The Hall–Kier alpha value is -1.49. The molecule has 1 heterocycles. The van der Waals surface area contributed by atoms with Crippen molar-refractivity contribution in [3.05, 3.63) is 29.3 Å². The molecule has 0 fully saturated rings. The molecule has 0 aromatic heterocycles. The highest BCUT2D eigenvalue weighted by molar-refractivity contribution is 5.66. The van der Waals surface area contributed by atoms with Crippen molar-refractivity contribution >= 4 is 5.69 Å². The third-order valence-electron chi connectivity index (χ3n) is 2.19. The number of para-hydroxylation sites is 1. The van der Waals surface area contributed by atoms with Gasteiger partial charge in [0.05, 0.1) is 11.3 Å². The molecule has 2 heteroatoms. The molecule has 0 bridgehead atoms. The Morgan fingerprint density at radius 1 is 1.58 bits per heavy atom. The quantitative estimate of drug-likeness (QED) is 0.626. The van der Waals surface area contributed by atoms with E-state index >= 15 is 0 Å². The zero-order chi connectivity index (χ0) is 8.55. The second kappa shape index (κ2) is 2.53. The summed E-state index contributed by atoms with van der Waals surface area (Å²) in [7, 11) is 0. The SMILES string of the molecule is CC1Cc2cccc(C#N)c2N1. The van der Waals surface area contributed by atoms with Crippen LogP contribution in [0.2, 0.25) is 0 Å². The van der Waals surface area contributed by atoms with Crippen LogP contribution < -0.4 is 5.32 Å². The van der Waals surface area contributed by atoms with Crippen LogP contribution in [0.1, 0.15) is 18.1 Å². The van der Waals surface area contributed by atoms with Gasteiger partial charge < -0.3 is 5.32 Å². The van der Waals surface area contributed by atoms with E-state index in [2.05, 4.69) is 24.4 Å². The molecule has 1 aromatic carbocycles. The van der Waals surface area contributed by atoms with E-state index in [-0.39, 0.29) is 0 Å². The molecule has 0 amide bonds. The monoisotopic (exact) mass is 158 g/mol. The highest BCUT2D eigenvalue weighted by atomic mass is 14.9. The van der Waals surface area contributed by atoms with E-state index in [1.54, 1.807) is 0 Å². The van der Waals surface area contributed by atoms with E-state index in [9.17, 15) is 0 Å². The number of nitriles is 1. The smallest absolute Gasteiger partial charge is 0.101 e. The first-order valence-electron chi connectivity index (χ1n) is 4.10. The van der Waals surface area contributed by atoms with E-state index in [1.165, 1.54) is 5.56 Å². The summed E-state index contributed by atoms with van der Waals surface area (Å²) in [5.74, 6) is 0. The number of hydrogen-bond acceptors (Lipinski definition) is 2. The lowest BCUT2D eigenvalue weighted by Gasteiger charge is -2.03. The summed E-state index contributed by atoms with van der Waals surface area (Å²) in [6.45, 7) is 2.13. The number of nitrogens with zero attached hydrogens (tertiary/aromatic N) is 1. The highest BCUT2D eigenvalue weighted by Gasteiger charge is 2.18. The molecular formula is C10H10N2. The molecule has 60 valence electrons. The highest BCUT2D eigenvalue weighted by Crippen LogP contribution is 2.28.